The molecule has 0 fully saturated rings. The maximum atomic E-state index is 8.73. The Labute approximate surface area is 98.9 Å². The van der Waals surface area contributed by atoms with Gasteiger partial charge in [0, 0.05) is 16.3 Å². The van der Waals surface area contributed by atoms with Gasteiger partial charge in [-0.1, -0.05) is 0 Å². The lowest BCUT2D eigenvalue weighted by Crippen LogP contribution is -2.16. The van der Waals surface area contributed by atoms with Gasteiger partial charge in [0.05, 0.1) is 6.54 Å². The molecule has 0 atom stereocenters. The molecule has 0 aliphatic rings. The number of nitrogens with one attached hydrogen (secondary N) is 1. The molecule has 2 aromatic rings. The van der Waals surface area contributed by atoms with E-state index in [9.17, 15) is 0 Å². The minimum atomic E-state index is 0.753. The number of thiophene rings is 1. The van der Waals surface area contributed by atoms with Crippen LogP contribution in [0, 0.1) is 25.2 Å². The molecule has 16 heavy (non-hydrogen) atoms. The van der Waals surface area contributed by atoms with Gasteiger partial charge in [0.15, 0.2) is 0 Å². The summed E-state index contributed by atoms with van der Waals surface area (Å²) in [5.41, 5.74) is 5.71. The molecule has 0 radical (unpaired) electrons. The number of rotatable bonds is 3. The van der Waals surface area contributed by atoms with E-state index in [0.717, 1.165) is 11.4 Å². The average Bonchev–Trinajstić information content (AvgIpc) is 2.85. The van der Waals surface area contributed by atoms with Gasteiger partial charge in [0.1, 0.15) is 10.9 Å². The van der Waals surface area contributed by atoms with Gasteiger partial charge in [-0.2, -0.15) is 5.26 Å². The van der Waals surface area contributed by atoms with Crippen molar-refractivity contribution >= 4 is 11.3 Å². The quantitative estimate of drug-likeness (QED) is 0.882. The largest absolute Gasteiger partial charge is 0.321 e. The summed E-state index contributed by atoms with van der Waals surface area (Å²) >= 11 is 1.53. The van der Waals surface area contributed by atoms with E-state index in [2.05, 4.69) is 42.2 Å². The highest BCUT2D eigenvalue weighted by Gasteiger charge is 2.02. The number of hydrogen-bond donors (Lipinski definition) is 1. The molecule has 4 heteroatoms. The van der Waals surface area contributed by atoms with E-state index in [1.54, 1.807) is 0 Å². The first-order valence-electron chi connectivity index (χ1n) is 5.08. The first-order chi connectivity index (χ1) is 7.70. The zero-order valence-corrected chi connectivity index (χ0v) is 10.1. The summed E-state index contributed by atoms with van der Waals surface area (Å²) in [6, 6.07) is 10.2. The maximum absolute atomic E-state index is 8.73. The van der Waals surface area contributed by atoms with Gasteiger partial charge in [0.25, 0.3) is 0 Å². The normalized spacial score (nSPS) is 10.1. The van der Waals surface area contributed by atoms with Crippen molar-refractivity contribution in [3.63, 3.8) is 0 Å². The molecule has 0 aliphatic heterocycles. The van der Waals surface area contributed by atoms with Crippen LogP contribution in [0.2, 0.25) is 0 Å². The van der Waals surface area contributed by atoms with Crippen LogP contribution in [-0.2, 0) is 6.54 Å². The molecular formula is C12H13N3S. The van der Waals surface area contributed by atoms with Gasteiger partial charge in [-0.3, -0.25) is 4.68 Å². The Bertz CT molecular complexity index is 511. The average molecular weight is 231 g/mol. The topological polar surface area (TPSA) is 40.8 Å². The van der Waals surface area contributed by atoms with Crippen molar-refractivity contribution in [1.29, 1.82) is 5.26 Å². The van der Waals surface area contributed by atoms with Crippen molar-refractivity contribution in [2.75, 3.05) is 5.43 Å². The second-order valence-electron chi connectivity index (χ2n) is 3.66. The molecule has 0 bridgehead atoms. The standard InChI is InChI=1S/C12H13N3S/c1-9-3-4-10(2)15(9)14-8-12-6-5-11(7-13)16-12/h3-6,14H,8H2,1-2H3. The number of hydrogen-bond acceptors (Lipinski definition) is 3. The molecule has 0 saturated carbocycles. The van der Waals surface area contributed by atoms with E-state index in [-0.39, 0.29) is 0 Å². The van der Waals surface area contributed by atoms with Crippen LogP contribution in [0.25, 0.3) is 0 Å². The molecule has 0 aromatic carbocycles. The molecular weight excluding hydrogens is 218 g/mol. The summed E-state index contributed by atoms with van der Waals surface area (Å²) in [6.45, 7) is 4.88. The zero-order valence-electron chi connectivity index (χ0n) is 9.32. The lowest BCUT2D eigenvalue weighted by atomic mass is 10.4. The van der Waals surface area contributed by atoms with Crippen molar-refractivity contribution in [1.82, 2.24) is 4.68 Å². The molecule has 0 amide bonds. The van der Waals surface area contributed by atoms with Crippen molar-refractivity contribution in [3.05, 3.63) is 45.4 Å². The van der Waals surface area contributed by atoms with E-state index < -0.39 is 0 Å². The molecule has 82 valence electrons. The van der Waals surface area contributed by atoms with Gasteiger partial charge >= 0.3 is 0 Å². The van der Waals surface area contributed by atoms with Crippen molar-refractivity contribution < 1.29 is 0 Å². The lowest BCUT2D eigenvalue weighted by molar-refractivity contribution is 0.797. The first kappa shape index (κ1) is 10.8. The van der Waals surface area contributed by atoms with Crippen LogP contribution in [0.4, 0.5) is 0 Å². The Morgan fingerprint density at radius 2 is 1.94 bits per heavy atom. The van der Waals surface area contributed by atoms with Gasteiger partial charge < -0.3 is 5.43 Å². The van der Waals surface area contributed by atoms with Gasteiger partial charge in [-0.05, 0) is 38.1 Å². The van der Waals surface area contributed by atoms with E-state index in [1.165, 1.54) is 27.6 Å². The number of nitrogens with zero attached hydrogens (tertiary/aromatic N) is 2. The Balaban J connectivity index is 2.05. The minimum Gasteiger partial charge on any atom is -0.321 e. The van der Waals surface area contributed by atoms with Crippen LogP contribution in [0.5, 0.6) is 0 Å². The first-order valence-corrected chi connectivity index (χ1v) is 5.90. The van der Waals surface area contributed by atoms with E-state index in [4.69, 9.17) is 5.26 Å². The molecule has 0 spiro atoms. The summed E-state index contributed by atoms with van der Waals surface area (Å²) < 4.78 is 2.06. The Kier molecular flexibility index (Phi) is 2.97. The highest BCUT2D eigenvalue weighted by atomic mass is 32.1. The third-order valence-corrected chi connectivity index (χ3v) is 3.44. The fraction of sp³-hybridized carbons (Fsp3) is 0.250. The fourth-order valence-electron chi connectivity index (χ4n) is 1.61. The van der Waals surface area contributed by atoms with E-state index >= 15 is 0 Å². The highest BCUT2D eigenvalue weighted by molar-refractivity contribution is 7.12. The lowest BCUT2D eigenvalue weighted by Gasteiger charge is -2.11. The predicted octanol–water partition coefficient (Wildman–Crippen LogP) is 2.78. The molecule has 2 heterocycles. The molecule has 0 unspecified atom stereocenters. The van der Waals surface area contributed by atoms with Crippen LogP contribution in [0.3, 0.4) is 0 Å². The second kappa shape index (κ2) is 4.42. The van der Waals surface area contributed by atoms with E-state index in [0.29, 0.717) is 0 Å². The minimum absolute atomic E-state index is 0.753. The van der Waals surface area contributed by atoms with Gasteiger partial charge in [-0.25, -0.2) is 0 Å². The van der Waals surface area contributed by atoms with Crippen LogP contribution in [0.15, 0.2) is 24.3 Å². The Morgan fingerprint density at radius 1 is 1.25 bits per heavy atom. The number of nitriles is 1. The summed E-state index contributed by atoms with van der Waals surface area (Å²) in [5, 5.41) is 8.73. The zero-order chi connectivity index (χ0) is 11.5. The molecule has 0 saturated heterocycles. The molecule has 1 N–H and O–H groups in total. The van der Waals surface area contributed by atoms with E-state index in [1.807, 2.05) is 12.1 Å². The predicted molar refractivity (Wildman–Crippen MR) is 66.0 cm³/mol. The number of aromatic nitrogens is 1. The smallest absolute Gasteiger partial charge is 0.110 e. The molecule has 0 aliphatic carbocycles. The monoisotopic (exact) mass is 231 g/mol. The molecule has 3 nitrogen and oxygen atoms in total. The van der Waals surface area contributed by atoms with Gasteiger partial charge in [0.2, 0.25) is 0 Å². The summed E-state index contributed by atoms with van der Waals surface area (Å²) in [5.74, 6) is 0. The summed E-state index contributed by atoms with van der Waals surface area (Å²) in [6.07, 6.45) is 0. The van der Waals surface area contributed by atoms with Crippen LogP contribution in [-0.4, -0.2) is 4.68 Å². The van der Waals surface area contributed by atoms with Crippen LogP contribution in [0.1, 0.15) is 21.1 Å². The SMILES string of the molecule is Cc1ccc(C)n1NCc1ccc(C#N)s1. The third-order valence-electron chi connectivity index (χ3n) is 2.45. The Hall–Kier alpha value is -1.73. The highest BCUT2D eigenvalue weighted by Crippen LogP contribution is 2.15. The van der Waals surface area contributed by atoms with Crippen LogP contribution < -0.4 is 5.43 Å². The summed E-state index contributed by atoms with van der Waals surface area (Å²) in [7, 11) is 0. The second-order valence-corrected chi connectivity index (χ2v) is 4.83. The summed E-state index contributed by atoms with van der Waals surface area (Å²) in [4.78, 5) is 1.93. The van der Waals surface area contributed by atoms with Crippen molar-refractivity contribution in [2.45, 2.75) is 20.4 Å². The maximum Gasteiger partial charge on any atom is 0.110 e. The molecule has 2 aromatic heterocycles. The Morgan fingerprint density at radius 3 is 2.50 bits per heavy atom. The fourth-order valence-corrected chi connectivity index (χ4v) is 2.34. The van der Waals surface area contributed by atoms with Crippen molar-refractivity contribution in [3.8, 4) is 6.07 Å². The molecule has 2 rings (SSSR count). The van der Waals surface area contributed by atoms with Crippen LogP contribution >= 0.6 is 11.3 Å². The van der Waals surface area contributed by atoms with Gasteiger partial charge in [-0.15, -0.1) is 11.3 Å². The third kappa shape index (κ3) is 2.10. The number of aryl methyl sites for hydroxylation is 2. The van der Waals surface area contributed by atoms with Crippen molar-refractivity contribution in [2.24, 2.45) is 0 Å².